The molecule has 0 unspecified atom stereocenters. The summed E-state index contributed by atoms with van der Waals surface area (Å²) in [5, 5.41) is 8.26. The number of hydrogen-bond donors (Lipinski definition) is 1. The van der Waals surface area contributed by atoms with Gasteiger partial charge in [0.1, 0.15) is 18.1 Å². The number of H-pyrrole nitrogens is 1. The molecule has 0 aliphatic carbocycles. The summed E-state index contributed by atoms with van der Waals surface area (Å²) in [4.78, 5) is 42.0. The minimum Gasteiger partial charge on any atom is -0.497 e. The van der Waals surface area contributed by atoms with Crippen LogP contribution < -0.4 is 19.8 Å². The molecule has 0 bridgehead atoms. The van der Waals surface area contributed by atoms with Crippen LogP contribution in [0.2, 0.25) is 0 Å². The number of hydrogen-bond acceptors (Lipinski definition) is 9. The maximum Gasteiger partial charge on any atom is 0.310 e. The Morgan fingerprint density at radius 2 is 1.93 bits per heavy atom. The number of amides is 1. The van der Waals surface area contributed by atoms with Gasteiger partial charge in [-0.15, -0.1) is 10.2 Å². The maximum atomic E-state index is 12.8. The van der Waals surface area contributed by atoms with Gasteiger partial charge in [-0.05, 0) is 55.7 Å². The van der Waals surface area contributed by atoms with E-state index in [9.17, 15) is 14.4 Å². The number of rotatable bonds is 11. The van der Waals surface area contributed by atoms with Gasteiger partial charge in [0.2, 0.25) is 5.91 Å². The fourth-order valence-corrected chi connectivity index (χ4v) is 4.55. The first-order valence-corrected chi connectivity index (χ1v) is 13.3. The molecule has 0 radical (unpaired) electrons. The third kappa shape index (κ3) is 7.16. The largest absolute Gasteiger partial charge is 0.497 e. The zero-order valence-electron chi connectivity index (χ0n) is 23.0. The number of carbonyl (C=O) groups excluding carboxylic acids is 2. The number of ether oxygens (including phenoxy) is 4. The Balaban J connectivity index is 1.37. The Morgan fingerprint density at radius 3 is 2.67 bits per heavy atom. The highest BCUT2D eigenvalue weighted by Gasteiger charge is 2.29. The van der Waals surface area contributed by atoms with Crippen molar-refractivity contribution in [3.05, 3.63) is 64.1 Å². The van der Waals surface area contributed by atoms with Crippen molar-refractivity contribution in [3.63, 3.8) is 0 Å². The number of aromatic amines is 1. The third-order valence-electron chi connectivity index (χ3n) is 6.70. The summed E-state index contributed by atoms with van der Waals surface area (Å²) < 4.78 is 21.8. The molecule has 2 aromatic carbocycles. The summed E-state index contributed by atoms with van der Waals surface area (Å²) in [7, 11) is 3.14. The number of piperidine rings is 1. The van der Waals surface area contributed by atoms with E-state index in [-0.39, 0.29) is 42.2 Å². The van der Waals surface area contributed by atoms with Crippen molar-refractivity contribution in [2.75, 3.05) is 33.9 Å². The third-order valence-corrected chi connectivity index (χ3v) is 6.70. The van der Waals surface area contributed by atoms with Crippen LogP contribution in [0.5, 0.6) is 17.2 Å². The summed E-state index contributed by atoms with van der Waals surface area (Å²) in [5.41, 5.74) is 1.28. The molecule has 2 heterocycles. The van der Waals surface area contributed by atoms with Crippen LogP contribution in [0.4, 0.5) is 0 Å². The van der Waals surface area contributed by atoms with Crippen LogP contribution in [-0.4, -0.2) is 65.9 Å². The van der Waals surface area contributed by atoms with Gasteiger partial charge < -0.3 is 28.8 Å². The zero-order valence-corrected chi connectivity index (χ0v) is 23.0. The summed E-state index contributed by atoms with van der Waals surface area (Å²) in [6, 6.07) is 12.8. The van der Waals surface area contributed by atoms with Gasteiger partial charge in [0.25, 0.3) is 5.56 Å². The van der Waals surface area contributed by atoms with Crippen LogP contribution in [0.25, 0.3) is 11.4 Å². The van der Waals surface area contributed by atoms with E-state index in [1.807, 2.05) is 24.3 Å². The van der Waals surface area contributed by atoms with E-state index in [2.05, 4.69) is 15.2 Å². The van der Waals surface area contributed by atoms with Crippen LogP contribution >= 0.6 is 0 Å². The quantitative estimate of drug-likeness (QED) is 0.358. The second-order valence-corrected chi connectivity index (χ2v) is 9.39. The van der Waals surface area contributed by atoms with Gasteiger partial charge in [-0.3, -0.25) is 14.4 Å². The molecule has 1 N–H and O–H groups in total. The molecule has 11 heteroatoms. The van der Waals surface area contributed by atoms with Crippen molar-refractivity contribution in [2.24, 2.45) is 5.92 Å². The predicted octanol–water partition coefficient (Wildman–Crippen LogP) is 3.16. The highest BCUT2D eigenvalue weighted by molar-refractivity contribution is 5.78. The Morgan fingerprint density at radius 1 is 1.07 bits per heavy atom. The second kappa shape index (κ2) is 13.6. The number of nitrogens with zero attached hydrogens (tertiary/aromatic N) is 3. The summed E-state index contributed by atoms with van der Waals surface area (Å²) in [5.74, 6) is 1.30. The molecular weight excluding hydrogens is 516 g/mol. The lowest BCUT2D eigenvalue weighted by Gasteiger charge is -2.31. The second-order valence-electron chi connectivity index (χ2n) is 9.39. The van der Waals surface area contributed by atoms with Gasteiger partial charge >= 0.3 is 5.97 Å². The predicted molar refractivity (Wildman–Crippen MR) is 146 cm³/mol. The first kappa shape index (κ1) is 28.6. The molecule has 1 saturated heterocycles. The molecule has 40 heavy (non-hydrogen) atoms. The lowest BCUT2D eigenvalue weighted by molar-refractivity contribution is -0.151. The van der Waals surface area contributed by atoms with E-state index in [4.69, 9.17) is 18.9 Å². The summed E-state index contributed by atoms with van der Waals surface area (Å²) in [6.07, 6.45) is 1.68. The van der Waals surface area contributed by atoms with E-state index < -0.39 is 5.56 Å². The topological polar surface area (TPSA) is 133 Å². The van der Waals surface area contributed by atoms with E-state index in [0.717, 1.165) is 17.7 Å². The van der Waals surface area contributed by atoms with E-state index in [1.54, 1.807) is 37.1 Å². The van der Waals surface area contributed by atoms with E-state index >= 15 is 0 Å². The smallest absolute Gasteiger partial charge is 0.310 e. The average molecular weight is 551 g/mol. The van der Waals surface area contributed by atoms with Crippen LogP contribution in [0, 0.1) is 5.92 Å². The first-order chi connectivity index (χ1) is 19.4. The summed E-state index contributed by atoms with van der Waals surface area (Å²) >= 11 is 0. The van der Waals surface area contributed by atoms with Gasteiger partial charge in [-0.25, -0.2) is 0 Å². The SMILES string of the molecule is CCOC(=O)[C@H]1CCCN(C(=O)CCc2nnc(-c3ccc(OCc4cccc(OC)c4)c(OC)c3)[nH]c2=O)C1. The first-order valence-electron chi connectivity index (χ1n) is 13.3. The highest BCUT2D eigenvalue weighted by atomic mass is 16.5. The minimum atomic E-state index is -0.418. The van der Waals surface area contributed by atoms with E-state index in [1.165, 1.54) is 7.11 Å². The van der Waals surface area contributed by atoms with Gasteiger partial charge in [-0.1, -0.05) is 12.1 Å². The van der Waals surface area contributed by atoms with Gasteiger partial charge in [0, 0.05) is 31.5 Å². The van der Waals surface area contributed by atoms with Crippen LogP contribution in [0.15, 0.2) is 47.3 Å². The van der Waals surface area contributed by atoms with Gasteiger partial charge in [0.05, 0.1) is 26.7 Å². The monoisotopic (exact) mass is 550 g/mol. The average Bonchev–Trinajstić information content (AvgIpc) is 2.99. The number of likely N-dealkylation sites (tertiary alicyclic amines) is 1. The van der Waals surface area contributed by atoms with Crippen molar-refractivity contribution in [2.45, 2.75) is 39.2 Å². The molecule has 1 aromatic heterocycles. The number of benzene rings is 2. The van der Waals surface area contributed by atoms with Crippen molar-refractivity contribution < 1.29 is 28.5 Å². The summed E-state index contributed by atoms with van der Waals surface area (Å²) in [6.45, 7) is 3.31. The molecule has 4 rings (SSSR count). The molecule has 0 spiro atoms. The molecule has 1 atom stereocenters. The maximum absolute atomic E-state index is 12.8. The Kier molecular flexibility index (Phi) is 9.71. The Labute approximate surface area is 232 Å². The fourth-order valence-electron chi connectivity index (χ4n) is 4.55. The number of aromatic nitrogens is 3. The van der Waals surface area contributed by atoms with Crippen LogP contribution in [0.1, 0.15) is 37.4 Å². The number of esters is 1. The molecule has 212 valence electrons. The number of methoxy groups -OCH3 is 2. The standard InChI is InChI=1S/C29H34N4O7/c1-4-39-29(36)21-8-6-14-33(17-21)26(34)13-11-23-28(35)30-27(32-31-23)20-10-12-24(25(16-20)38-3)40-18-19-7-5-9-22(15-19)37-2/h5,7,9-10,12,15-16,21H,4,6,8,11,13-14,17-18H2,1-3H3,(H,30,32,35)/t21-/m0/s1. The normalized spacial score (nSPS) is 14.9. The van der Waals surface area contributed by atoms with Gasteiger partial charge in [0.15, 0.2) is 17.3 Å². The molecule has 0 saturated carbocycles. The van der Waals surface area contributed by atoms with Crippen LogP contribution in [-0.2, 0) is 27.4 Å². The van der Waals surface area contributed by atoms with Crippen molar-refractivity contribution in [1.29, 1.82) is 0 Å². The molecular formula is C29H34N4O7. The number of nitrogens with one attached hydrogen (secondary N) is 1. The minimum absolute atomic E-state index is 0.0970. The zero-order chi connectivity index (χ0) is 28.5. The molecule has 11 nitrogen and oxygen atoms in total. The molecule has 3 aromatic rings. The lowest BCUT2D eigenvalue weighted by atomic mass is 9.98. The lowest BCUT2D eigenvalue weighted by Crippen LogP contribution is -2.43. The molecule has 1 aliphatic rings. The Hall–Kier alpha value is -4.41. The van der Waals surface area contributed by atoms with Crippen LogP contribution in [0.3, 0.4) is 0 Å². The van der Waals surface area contributed by atoms with Crippen molar-refractivity contribution in [3.8, 4) is 28.6 Å². The van der Waals surface area contributed by atoms with Crippen molar-refractivity contribution in [1.82, 2.24) is 20.1 Å². The number of carbonyl (C=O) groups is 2. The highest BCUT2D eigenvalue weighted by Crippen LogP contribution is 2.32. The van der Waals surface area contributed by atoms with Gasteiger partial charge in [-0.2, -0.15) is 0 Å². The molecule has 1 aliphatic heterocycles. The van der Waals surface area contributed by atoms with Crippen molar-refractivity contribution >= 4 is 11.9 Å². The molecule has 1 fully saturated rings. The fraction of sp³-hybridized carbons (Fsp3) is 0.414. The molecule has 1 amide bonds. The number of aryl methyl sites for hydroxylation is 1. The van der Waals surface area contributed by atoms with E-state index in [0.29, 0.717) is 49.8 Å². The Bertz CT molecular complexity index is 1390.